The van der Waals surface area contributed by atoms with Crippen molar-refractivity contribution in [2.45, 2.75) is 18.8 Å². The quantitative estimate of drug-likeness (QED) is 0.764. The normalized spacial score (nSPS) is 10.4. The highest BCUT2D eigenvalue weighted by molar-refractivity contribution is 7.98. The molecular formula is C11H12N2O2S. The third kappa shape index (κ3) is 2.76. The smallest absolute Gasteiger partial charge is 0.276 e. The molecule has 0 aliphatic rings. The third-order valence-electron chi connectivity index (χ3n) is 1.97. The summed E-state index contributed by atoms with van der Waals surface area (Å²) < 4.78 is 10.8. The Morgan fingerprint density at radius 3 is 2.94 bits per heavy atom. The number of aryl methyl sites for hydroxylation is 1. The van der Waals surface area contributed by atoms with Gasteiger partial charge < -0.3 is 9.15 Å². The van der Waals surface area contributed by atoms with Crippen molar-refractivity contribution in [3.8, 4) is 5.75 Å². The highest BCUT2D eigenvalue weighted by Gasteiger charge is 2.05. The fourth-order valence-corrected chi connectivity index (χ4v) is 1.53. The van der Waals surface area contributed by atoms with Crippen LogP contribution in [0, 0.1) is 6.92 Å². The summed E-state index contributed by atoms with van der Waals surface area (Å²) in [6.07, 6.45) is 1.89. The molecule has 2 aromatic rings. The van der Waals surface area contributed by atoms with Gasteiger partial charge in [0.1, 0.15) is 5.75 Å². The van der Waals surface area contributed by atoms with E-state index in [0.29, 0.717) is 17.7 Å². The Morgan fingerprint density at radius 2 is 2.25 bits per heavy atom. The Bertz CT molecular complexity index is 471. The topological polar surface area (TPSA) is 48.2 Å². The molecule has 1 aromatic heterocycles. The highest BCUT2D eigenvalue weighted by Crippen LogP contribution is 2.16. The van der Waals surface area contributed by atoms with Crippen LogP contribution in [0.15, 0.2) is 33.9 Å². The average molecular weight is 236 g/mol. The predicted octanol–water partition coefficient (Wildman–Crippen LogP) is 2.68. The summed E-state index contributed by atoms with van der Waals surface area (Å²) >= 11 is 1.42. The van der Waals surface area contributed by atoms with Gasteiger partial charge in [-0.15, -0.1) is 10.2 Å². The summed E-state index contributed by atoms with van der Waals surface area (Å²) in [6, 6.07) is 7.84. The van der Waals surface area contributed by atoms with Gasteiger partial charge in [0.2, 0.25) is 0 Å². The van der Waals surface area contributed by atoms with E-state index in [1.54, 1.807) is 0 Å². The number of rotatable bonds is 4. The fraction of sp³-hybridized carbons (Fsp3) is 0.273. The molecule has 0 unspecified atom stereocenters. The number of aromatic nitrogens is 2. The van der Waals surface area contributed by atoms with Gasteiger partial charge in [-0.2, -0.15) is 0 Å². The molecule has 16 heavy (non-hydrogen) atoms. The molecule has 0 aliphatic heterocycles. The molecule has 84 valence electrons. The van der Waals surface area contributed by atoms with Crippen LogP contribution in [0.5, 0.6) is 5.75 Å². The van der Waals surface area contributed by atoms with Gasteiger partial charge in [0, 0.05) is 0 Å². The van der Waals surface area contributed by atoms with Crippen LogP contribution >= 0.6 is 11.8 Å². The zero-order chi connectivity index (χ0) is 11.4. The third-order valence-corrected chi connectivity index (χ3v) is 2.49. The van der Waals surface area contributed by atoms with Crippen molar-refractivity contribution in [2.24, 2.45) is 0 Å². The molecule has 5 heteroatoms. The maximum absolute atomic E-state index is 5.53. The zero-order valence-electron chi connectivity index (χ0n) is 9.14. The molecule has 0 saturated carbocycles. The maximum Gasteiger partial charge on any atom is 0.276 e. The molecule has 0 N–H and O–H groups in total. The number of hydrogen-bond acceptors (Lipinski definition) is 5. The van der Waals surface area contributed by atoms with E-state index in [9.17, 15) is 0 Å². The van der Waals surface area contributed by atoms with Crippen molar-refractivity contribution in [1.29, 1.82) is 0 Å². The van der Waals surface area contributed by atoms with Gasteiger partial charge in [0.05, 0.1) is 0 Å². The van der Waals surface area contributed by atoms with Crippen molar-refractivity contribution in [1.82, 2.24) is 10.2 Å². The molecular weight excluding hydrogens is 224 g/mol. The van der Waals surface area contributed by atoms with Crippen molar-refractivity contribution >= 4 is 11.8 Å². The van der Waals surface area contributed by atoms with Crippen molar-refractivity contribution in [2.75, 3.05) is 6.26 Å². The van der Waals surface area contributed by atoms with Crippen LogP contribution in [0.2, 0.25) is 0 Å². The molecule has 0 radical (unpaired) electrons. The summed E-state index contributed by atoms with van der Waals surface area (Å²) in [6.45, 7) is 2.32. The first-order valence-corrected chi connectivity index (χ1v) is 6.06. The first-order chi connectivity index (χ1) is 7.78. The van der Waals surface area contributed by atoms with Crippen LogP contribution in [-0.2, 0) is 6.61 Å². The van der Waals surface area contributed by atoms with Gasteiger partial charge in [0.25, 0.3) is 11.1 Å². The fourth-order valence-electron chi connectivity index (χ4n) is 1.23. The minimum Gasteiger partial charge on any atom is -0.484 e. The Kier molecular flexibility index (Phi) is 3.46. The lowest BCUT2D eigenvalue weighted by Crippen LogP contribution is -1.95. The van der Waals surface area contributed by atoms with Crippen LogP contribution in [-0.4, -0.2) is 16.5 Å². The minimum absolute atomic E-state index is 0.303. The molecule has 2 rings (SSSR count). The van der Waals surface area contributed by atoms with E-state index in [1.165, 1.54) is 11.8 Å². The standard InChI is InChI=1S/C11H12N2O2S/c1-8-4-3-5-9(6-8)14-7-10-12-13-11(15-10)16-2/h3-6H,7H2,1-2H3. The Labute approximate surface area is 98.0 Å². The lowest BCUT2D eigenvalue weighted by Gasteiger charge is -2.03. The first-order valence-electron chi connectivity index (χ1n) is 4.84. The predicted molar refractivity (Wildman–Crippen MR) is 61.6 cm³/mol. The second kappa shape index (κ2) is 5.03. The number of ether oxygens (including phenoxy) is 1. The van der Waals surface area contributed by atoms with Gasteiger partial charge in [0.15, 0.2) is 6.61 Å². The van der Waals surface area contributed by atoms with Crippen LogP contribution in [0.3, 0.4) is 0 Å². The summed E-state index contributed by atoms with van der Waals surface area (Å²) in [7, 11) is 0. The van der Waals surface area contributed by atoms with Crippen molar-refractivity contribution in [3.05, 3.63) is 35.7 Å². The lowest BCUT2D eigenvalue weighted by atomic mass is 10.2. The van der Waals surface area contributed by atoms with E-state index >= 15 is 0 Å². The highest BCUT2D eigenvalue weighted by atomic mass is 32.2. The van der Waals surface area contributed by atoms with Crippen LogP contribution in [0.4, 0.5) is 0 Å². The largest absolute Gasteiger partial charge is 0.484 e. The Hall–Kier alpha value is -1.49. The summed E-state index contributed by atoms with van der Waals surface area (Å²) in [4.78, 5) is 0. The lowest BCUT2D eigenvalue weighted by molar-refractivity contribution is 0.252. The second-order valence-corrected chi connectivity index (χ2v) is 4.03. The van der Waals surface area contributed by atoms with E-state index in [0.717, 1.165) is 11.3 Å². The molecule has 0 fully saturated rings. The molecule has 0 bridgehead atoms. The Morgan fingerprint density at radius 1 is 1.38 bits per heavy atom. The zero-order valence-corrected chi connectivity index (χ0v) is 9.95. The summed E-state index contributed by atoms with van der Waals surface area (Å²) in [5, 5.41) is 8.25. The van der Waals surface area contributed by atoms with Gasteiger partial charge in [-0.25, -0.2) is 0 Å². The summed E-state index contributed by atoms with van der Waals surface area (Å²) in [5.41, 5.74) is 1.16. The van der Waals surface area contributed by atoms with E-state index in [4.69, 9.17) is 9.15 Å². The second-order valence-electron chi connectivity index (χ2n) is 3.27. The molecule has 4 nitrogen and oxygen atoms in total. The van der Waals surface area contributed by atoms with Gasteiger partial charge in [-0.3, -0.25) is 0 Å². The first kappa shape index (κ1) is 11.0. The van der Waals surface area contributed by atoms with E-state index in [-0.39, 0.29) is 0 Å². The molecule has 0 spiro atoms. The van der Waals surface area contributed by atoms with Crippen molar-refractivity contribution < 1.29 is 9.15 Å². The molecule has 1 heterocycles. The van der Waals surface area contributed by atoms with Crippen LogP contribution in [0.25, 0.3) is 0 Å². The number of nitrogens with zero attached hydrogens (tertiary/aromatic N) is 2. The minimum atomic E-state index is 0.303. The van der Waals surface area contributed by atoms with Crippen molar-refractivity contribution in [3.63, 3.8) is 0 Å². The van der Waals surface area contributed by atoms with E-state index in [2.05, 4.69) is 10.2 Å². The van der Waals surface area contributed by atoms with E-state index < -0.39 is 0 Å². The maximum atomic E-state index is 5.53. The number of thioether (sulfide) groups is 1. The number of benzene rings is 1. The van der Waals surface area contributed by atoms with Crippen LogP contribution < -0.4 is 4.74 Å². The van der Waals surface area contributed by atoms with Gasteiger partial charge >= 0.3 is 0 Å². The number of hydrogen-bond donors (Lipinski definition) is 0. The molecule has 0 atom stereocenters. The van der Waals surface area contributed by atoms with E-state index in [1.807, 2.05) is 37.4 Å². The molecule has 0 amide bonds. The Balaban J connectivity index is 1.96. The monoisotopic (exact) mass is 236 g/mol. The average Bonchev–Trinajstić information content (AvgIpc) is 2.74. The molecule has 1 aromatic carbocycles. The SMILES string of the molecule is CSc1nnc(COc2cccc(C)c2)o1. The summed E-state index contributed by atoms with van der Waals surface area (Å²) in [5.74, 6) is 1.30. The van der Waals surface area contributed by atoms with Gasteiger partial charge in [-0.05, 0) is 30.9 Å². The van der Waals surface area contributed by atoms with Crippen LogP contribution in [0.1, 0.15) is 11.5 Å². The molecule has 0 saturated heterocycles. The molecule has 0 aliphatic carbocycles. The van der Waals surface area contributed by atoms with Gasteiger partial charge in [-0.1, -0.05) is 23.9 Å².